The van der Waals surface area contributed by atoms with Crippen molar-refractivity contribution in [2.24, 2.45) is 4.99 Å². The average molecular weight is 339 g/mol. The van der Waals surface area contributed by atoms with Crippen molar-refractivity contribution in [3.05, 3.63) is 26.7 Å². The van der Waals surface area contributed by atoms with E-state index in [2.05, 4.69) is 37.9 Å². The molecule has 2 rings (SSSR count). The Kier molecular flexibility index (Phi) is 5.73. The van der Waals surface area contributed by atoms with Crippen molar-refractivity contribution in [2.75, 3.05) is 26.0 Å². The zero-order valence-corrected chi connectivity index (χ0v) is 15.2. The van der Waals surface area contributed by atoms with Gasteiger partial charge in [0.1, 0.15) is 5.01 Å². The third kappa shape index (κ3) is 4.41. The molecule has 0 aliphatic heterocycles. The second kappa shape index (κ2) is 7.55. The molecule has 0 atom stereocenters. The van der Waals surface area contributed by atoms with E-state index in [4.69, 9.17) is 0 Å². The fourth-order valence-electron chi connectivity index (χ4n) is 1.75. The van der Waals surface area contributed by atoms with Crippen LogP contribution in [0, 0.1) is 13.8 Å². The second-order valence-electron chi connectivity index (χ2n) is 5.04. The maximum atomic E-state index is 4.54. The van der Waals surface area contributed by atoms with Gasteiger partial charge in [0.2, 0.25) is 0 Å². The Hall–Kier alpha value is -1.67. The summed E-state index contributed by atoms with van der Waals surface area (Å²) < 4.78 is 0. The quantitative estimate of drug-likeness (QED) is 0.646. The summed E-state index contributed by atoms with van der Waals surface area (Å²) in [5.41, 5.74) is 2.11. The van der Waals surface area contributed by atoms with E-state index in [0.717, 1.165) is 27.5 Å². The first-order valence-corrected chi connectivity index (χ1v) is 8.68. The van der Waals surface area contributed by atoms with Crippen LogP contribution in [-0.2, 0) is 13.1 Å². The summed E-state index contributed by atoms with van der Waals surface area (Å²) in [5.74, 6) is 0.755. The predicted molar refractivity (Wildman–Crippen MR) is 95.1 cm³/mol. The van der Waals surface area contributed by atoms with Crippen LogP contribution in [0.1, 0.15) is 21.3 Å². The van der Waals surface area contributed by atoms with Crippen LogP contribution in [0.5, 0.6) is 0 Å². The van der Waals surface area contributed by atoms with E-state index in [1.54, 1.807) is 29.7 Å². The third-order valence-corrected chi connectivity index (χ3v) is 5.19. The number of thiazole rings is 2. The van der Waals surface area contributed by atoms with Crippen LogP contribution >= 0.6 is 22.7 Å². The molecule has 6 nitrogen and oxygen atoms in total. The Morgan fingerprint density at radius 2 is 1.95 bits per heavy atom. The van der Waals surface area contributed by atoms with Gasteiger partial charge in [-0.1, -0.05) is 0 Å². The molecule has 2 aromatic heterocycles. The first-order chi connectivity index (χ1) is 10.5. The molecule has 120 valence electrons. The third-order valence-electron chi connectivity index (χ3n) is 3.06. The molecule has 0 saturated heterocycles. The van der Waals surface area contributed by atoms with Gasteiger partial charge in [-0.15, -0.1) is 22.7 Å². The minimum absolute atomic E-state index is 0.653. The van der Waals surface area contributed by atoms with Gasteiger partial charge in [-0.3, -0.25) is 4.99 Å². The zero-order valence-electron chi connectivity index (χ0n) is 13.6. The summed E-state index contributed by atoms with van der Waals surface area (Å²) in [6.07, 6.45) is 0. The molecule has 0 amide bonds. The van der Waals surface area contributed by atoms with Crippen LogP contribution in [0.4, 0.5) is 5.13 Å². The number of nitrogens with zero attached hydrogens (tertiary/aromatic N) is 4. The molecule has 2 aromatic rings. The van der Waals surface area contributed by atoms with E-state index in [1.165, 1.54) is 4.88 Å². The molecule has 0 saturated carbocycles. The van der Waals surface area contributed by atoms with Gasteiger partial charge in [0, 0.05) is 31.4 Å². The van der Waals surface area contributed by atoms with Gasteiger partial charge in [-0.05, 0) is 13.8 Å². The monoisotopic (exact) mass is 338 g/mol. The number of hydrogen-bond donors (Lipinski definition) is 2. The van der Waals surface area contributed by atoms with Gasteiger partial charge in [-0.25, -0.2) is 9.97 Å². The lowest BCUT2D eigenvalue weighted by Gasteiger charge is -2.10. The molecule has 0 aliphatic carbocycles. The standard InChI is InChI=1S/C14H22N6S2/c1-9-10(2)22-12(18-9)7-17-13(15-3)16-6-11-8-21-14(19-11)20(4)5/h8H,6-7H2,1-5H3,(H2,15,16,17). The largest absolute Gasteiger partial charge is 0.354 e. The van der Waals surface area contributed by atoms with Crippen LogP contribution in [0.15, 0.2) is 10.4 Å². The van der Waals surface area contributed by atoms with Gasteiger partial charge in [0.05, 0.1) is 24.5 Å². The summed E-state index contributed by atoms with van der Waals surface area (Å²) in [6, 6.07) is 0. The Morgan fingerprint density at radius 3 is 2.50 bits per heavy atom. The van der Waals surface area contributed by atoms with Gasteiger partial charge < -0.3 is 15.5 Å². The van der Waals surface area contributed by atoms with Crippen molar-refractivity contribution in [3.63, 3.8) is 0 Å². The molecular formula is C14H22N6S2. The number of aryl methyl sites for hydroxylation is 2. The number of rotatable bonds is 5. The first-order valence-electron chi connectivity index (χ1n) is 6.98. The van der Waals surface area contributed by atoms with E-state index < -0.39 is 0 Å². The number of aliphatic imine (C=N–C) groups is 1. The highest BCUT2D eigenvalue weighted by molar-refractivity contribution is 7.13. The Balaban J connectivity index is 1.84. The highest BCUT2D eigenvalue weighted by Gasteiger charge is 2.06. The molecule has 22 heavy (non-hydrogen) atoms. The molecule has 0 spiro atoms. The van der Waals surface area contributed by atoms with Crippen molar-refractivity contribution in [3.8, 4) is 0 Å². The van der Waals surface area contributed by atoms with E-state index in [-0.39, 0.29) is 0 Å². The van der Waals surface area contributed by atoms with Crippen LogP contribution in [0.3, 0.4) is 0 Å². The van der Waals surface area contributed by atoms with Crippen LogP contribution in [0.25, 0.3) is 0 Å². The molecule has 0 radical (unpaired) electrons. The van der Waals surface area contributed by atoms with Crippen molar-refractivity contribution < 1.29 is 0 Å². The van der Waals surface area contributed by atoms with E-state index >= 15 is 0 Å². The fourth-order valence-corrected chi connectivity index (χ4v) is 3.38. The Morgan fingerprint density at radius 1 is 1.23 bits per heavy atom. The lowest BCUT2D eigenvalue weighted by molar-refractivity contribution is 0.793. The van der Waals surface area contributed by atoms with Crippen LogP contribution in [0.2, 0.25) is 0 Å². The summed E-state index contributed by atoms with van der Waals surface area (Å²) in [7, 11) is 5.75. The van der Waals surface area contributed by atoms with Crippen molar-refractivity contribution in [1.82, 2.24) is 20.6 Å². The zero-order chi connectivity index (χ0) is 16.1. The van der Waals surface area contributed by atoms with E-state index in [0.29, 0.717) is 13.1 Å². The summed E-state index contributed by atoms with van der Waals surface area (Å²) in [4.78, 5) is 16.5. The summed E-state index contributed by atoms with van der Waals surface area (Å²) in [6.45, 7) is 5.46. The normalized spacial score (nSPS) is 11.6. The minimum Gasteiger partial charge on any atom is -0.354 e. The molecular weight excluding hydrogens is 316 g/mol. The Labute approximate surface area is 139 Å². The van der Waals surface area contributed by atoms with Crippen LogP contribution in [-0.4, -0.2) is 37.1 Å². The molecule has 0 aromatic carbocycles. The molecule has 0 unspecified atom stereocenters. The molecule has 0 fully saturated rings. The van der Waals surface area contributed by atoms with Gasteiger partial charge in [-0.2, -0.15) is 0 Å². The SMILES string of the molecule is CN=C(NCc1csc(N(C)C)n1)NCc1nc(C)c(C)s1. The smallest absolute Gasteiger partial charge is 0.191 e. The highest BCUT2D eigenvalue weighted by Crippen LogP contribution is 2.18. The van der Waals surface area contributed by atoms with Gasteiger partial charge in [0.25, 0.3) is 0 Å². The van der Waals surface area contributed by atoms with E-state index in [9.17, 15) is 0 Å². The number of anilines is 1. The van der Waals surface area contributed by atoms with Crippen molar-refractivity contribution >= 4 is 33.8 Å². The first kappa shape index (κ1) is 16.7. The topological polar surface area (TPSA) is 65.4 Å². The molecule has 8 heteroatoms. The molecule has 2 heterocycles. The Bertz CT molecular complexity index is 624. The maximum Gasteiger partial charge on any atom is 0.191 e. The number of aromatic nitrogens is 2. The highest BCUT2D eigenvalue weighted by atomic mass is 32.1. The van der Waals surface area contributed by atoms with Gasteiger partial charge >= 0.3 is 0 Å². The number of guanidine groups is 1. The lowest BCUT2D eigenvalue weighted by atomic mass is 10.4. The summed E-state index contributed by atoms with van der Waals surface area (Å²) >= 11 is 3.35. The molecule has 0 aliphatic rings. The van der Waals surface area contributed by atoms with Crippen LogP contribution < -0.4 is 15.5 Å². The number of nitrogens with one attached hydrogen (secondary N) is 2. The maximum absolute atomic E-state index is 4.54. The van der Waals surface area contributed by atoms with Crippen molar-refractivity contribution in [1.29, 1.82) is 0 Å². The summed E-state index contributed by atoms with van der Waals surface area (Å²) in [5, 5.41) is 10.7. The van der Waals surface area contributed by atoms with E-state index in [1.807, 2.05) is 25.9 Å². The molecule has 0 bridgehead atoms. The van der Waals surface area contributed by atoms with Crippen molar-refractivity contribution in [2.45, 2.75) is 26.9 Å². The average Bonchev–Trinajstić information content (AvgIpc) is 3.07. The fraction of sp³-hybridized carbons (Fsp3) is 0.500. The predicted octanol–water partition coefficient (Wildman–Crippen LogP) is 2.15. The second-order valence-corrected chi connectivity index (χ2v) is 7.17. The number of hydrogen-bond acceptors (Lipinski definition) is 6. The molecule has 2 N–H and O–H groups in total. The van der Waals surface area contributed by atoms with Gasteiger partial charge in [0.15, 0.2) is 11.1 Å². The minimum atomic E-state index is 0.653. The lowest BCUT2D eigenvalue weighted by Crippen LogP contribution is -2.36.